The highest BCUT2D eigenvalue weighted by Crippen LogP contribution is 2.26. The van der Waals surface area contributed by atoms with E-state index in [1.54, 1.807) is 28.9 Å². The number of benzene rings is 2. The lowest BCUT2D eigenvalue weighted by atomic mass is 10.1. The van der Waals surface area contributed by atoms with E-state index in [0.717, 1.165) is 11.3 Å². The van der Waals surface area contributed by atoms with Gasteiger partial charge in [0.1, 0.15) is 0 Å². The maximum Gasteiger partial charge on any atom is 0.237 e. The highest BCUT2D eigenvalue weighted by molar-refractivity contribution is 8.00. The molecule has 1 atom stereocenters. The highest BCUT2D eigenvalue weighted by Gasteiger charge is 2.22. The molecule has 2 aromatic carbocycles. The molecule has 3 rings (SSSR count). The quantitative estimate of drug-likeness (QED) is 0.564. The molecular formula is C19H20N6O2S. The molecule has 0 bridgehead atoms. The van der Waals surface area contributed by atoms with Crippen LogP contribution in [0.4, 0.5) is 5.69 Å². The number of anilines is 1. The summed E-state index contributed by atoms with van der Waals surface area (Å²) < 4.78 is 1.61. The largest absolute Gasteiger partial charge is 0.369 e. The van der Waals surface area contributed by atoms with Crippen molar-refractivity contribution in [2.45, 2.75) is 30.2 Å². The molecule has 28 heavy (non-hydrogen) atoms. The predicted molar refractivity (Wildman–Crippen MR) is 107 cm³/mol. The van der Waals surface area contributed by atoms with E-state index in [4.69, 9.17) is 5.73 Å². The van der Waals surface area contributed by atoms with Gasteiger partial charge in [-0.15, -0.1) is 5.10 Å². The van der Waals surface area contributed by atoms with Crippen molar-refractivity contribution in [3.8, 4) is 5.69 Å². The lowest BCUT2D eigenvalue weighted by Crippen LogP contribution is -2.25. The Kier molecular flexibility index (Phi) is 6.38. The number of tetrazole rings is 1. The van der Waals surface area contributed by atoms with E-state index in [2.05, 4.69) is 20.8 Å². The van der Waals surface area contributed by atoms with Gasteiger partial charge in [-0.05, 0) is 46.7 Å². The Morgan fingerprint density at radius 1 is 1.14 bits per heavy atom. The van der Waals surface area contributed by atoms with E-state index < -0.39 is 5.91 Å². The van der Waals surface area contributed by atoms with E-state index in [-0.39, 0.29) is 17.6 Å². The van der Waals surface area contributed by atoms with Crippen molar-refractivity contribution >= 4 is 29.3 Å². The van der Waals surface area contributed by atoms with E-state index >= 15 is 0 Å². The minimum Gasteiger partial charge on any atom is -0.369 e. The van der Waals surface area contributed by atoms with Crippen LogP contribution in [0.3, 0.4) is 0 Å². The fraction of sp³-hybridized carbons (Fsp3) is 0.211. The van der Waals surface area contributed by atoms with Gasteiger partial charge in [0.2, 0.25) is 17.0 Å². The second-order valence-electron chi connectivity index (χ2n) is 6.05. The number of hydrogen-bond acceptors (Lipinski definition) is 6. The predicted octanol–water partition coefficient (Wildman–Crippen LogP) is 2.20. The van der Waals surface area contributed by atoms with Crippen LogP contribution in [0.1, 0.15) is 18.9 Å². The van der Waals surface area contributed by atoms with Gasteiger partial charge in [0, 0.05) is 5.69 Å². The first-order valence-electron chi connectivity index (χ1n) is 8.75. The average molecular weight is 396 g/mol. The minimum absolute atomic E-state index is 0.141. The van der Waals surface area contributed by atoms with Crippen LogP contribution in [0.5, 0.6) is 0 Å². The Balaban J connectivity index is 1.68. The molecule has 1 heterocycles. The minimum atomic E-state index is -0.393. The molecule has 0 aliphatic heterocycles. The molecule has 0 saturated carbocycles. The summed E-state index contributed by atoms with van der Waals surface area (Å²) in [7, 11) is 0. The van der Waals surface area contributed by atoms with Crippen LogP contribution in [0.25, 0.3) is 5.69 Å². The van der Waals surface area contributed by atoms with Gasteiger partial charge in [0.25, 0.3) is 0 Å². The summed E-state index contributed by atoms with van der Waals surface area (Å²) in [6, 6.07) is 16.6. The number of nitrogens with two attached hydrogens (primary N) is 1. The molecule has 3 aromatic rings. The molecule has 3 N–H and O–H groups in total. The monoisotopic (exact) mass is 396 g/mol. The van der Waals surface area contributed by atoms with Gasteiger partial charge in [0.05, 0.1) is 17.4 Å². The molecule has 0 aliphatic rings. The Hall–Kier alpha value is -3.20. The number of thioether (sulfide) groups is 1. The third kappa shape index (κ3) is 4.95. The zero-order valence-corrected chi connectivity index (χ0v) is 16.1. The molecule has 2 amide bonds. The Morgan fingerprint density at radius 3 is 2.50 bits per heavy atom. The van der Waals surface area contributed by atoms with E-state index in [1.807, 2.05) is 37.3 Å². The number of carbonyl (C=O) groups is 2. The van der Waals surface area contributed by atoms with Gasteiger partial charge >= 0.3 is 0 Å². The topological polar surface area (TPSA) is 116 Å². The van der Waals surface area contributed by atoms with Gasteiger partial charge in [-0.1, -0.05) is 49.0 Å². The summed E-state index contributed by atoms with van der Waals surface area (Å²) in [4.78, 5) is 23.7. The number of para-hydroxylation sites is 1. The third-order valence-electron chi connectivity index (χ3n) is 3.95. The summed E-state index contributed by atoms with van der Waals surface area (Å²) in [6.45, 7) is 1.93. The Morgan fingerprint density at radius 2 is 1.86 bits per heavy atom. The molecule has 8 nitrogen and oxygen atoms in total. The number of primary amides is 1. The smallest absolute Gasteiger partial charge is 0.237 e. The number of nitrogens with one attached hydrogen (secondary N) is 1. The summed E-state index contributed by atoms with van der Waals surface area (Å²) in [5.74, 6) is -0.534. The molecule has 0 unspecified atom stereocenters. The van der Waals surface area contributed by atoms with E-state index in [1.165, 1.54) is 11.8 Å². The number of rotatable bonds is 8. The van der Waals surface area contributed by atoms with Crippen LogP contribution in [-0.2, 0) is 16.0 Å². The normalized spacial score (nSPS) is 11.8. The summed E-state index contributed by atoms with van der Waals surface area (Å²) in [5.41, 5.74) is 7.47. The standard InChI is InChI=1S/C19H20N6O2S/c1-2-16(18(27)21-14-10-8-13(9-11-14)12-17(20)26)28-19-22-23-24-25(19)15-6-4-3-5-7-15/h3-11,16H,2,12H2,1H3,(H2,20,26)(H,21,27)/t16-/m1/s1. The molecule has 0 aliphatic carbocycles. The van der Waals surface area contributed by atoms with Crippen molar-refractivity contribution in [1.29, 1.82) is 0 Å². The van der Waals surface area contributed by atoms with Gasteiger partial charge in [-0.3, -0.25) is 9.59 Å². The lowest BCUT2D eigenvalue weighted by Gasteiger charge is -2.14. The first-order valence-corrected chi connectivity index (χ1v) is 9.63. The second kappa shape index (κ2) is 9.14. The molecule has 144 valence electrons. The third-order valence-corrected chi connectivity index (χ3v) is 5.25. The number of hydrogen-bond donors (Lipinski definition) is 2. The molecule has 0 radical (unpaired) electrons. The first-order chi connectivity index (χ1) is 13.6. The molecular weight excluding hydrogens is 376 g/mol. The SMILES string of the molecule is CC[C@@H](Sc1nnnn1-c1ccccc1)C(=O)Nc1ccc(CC(N)=O)cc1. The van der Waals surface area contributed by atoms with E-state index in [0.29, 0.717) is 17.3 Å². The molecule has 9 heteroatoms. The Labute approximate surface area is 166 Å². The van der Waals surface area contributed by atoms with Crippen LogP contribution in [0, 0.1) is 0 Å². The fourth-order valence-corrected chi connectivity index (χ4v) is 3.48. The molecule has 0 saturated heterocycles. The van der Waals surface area contributed by atoms with Gasteiger partial charge in [-0.2, -0.15) is 4.68 Å². The Bertz CT molecular complexity index is 943. The zero-order chi connectivity index (χ0) is 19.9. The van der Waals surface area contributed by atoms with Crippen molar-refractivity contribution in [1.82, 2.24) is 20.2 Å². The summed E-state index contributed by atoms with van der Waals surface area (Å²) >= 11 is 1.31. The molecule has 0 fully saturated rings. The fourth-order valence-electron chi connectivity index (χ4n) is 2.56. The summed E-state index contributed by atoms with van der Waals surface area (Å²) in [6.07, 6.45) is 0.779. The van der Waals surface area contributed by atoms with Crippen LogP contribution in [0.15, 0.2) is 59.8 Å². The number of amides is 2. The van der Waals surface area contributed by atoms with Crippen molar-refractivity contribution < 1.29 is 9.59 Å². The highest BCUT2D eigenvalue weighted by atomic mass is 32.2. The lowest BCUT2D eigenvalue weighted by molar-refractivity contribution is -0.117. The average Bonchev–Trinajstić information content (AvgIpc) is 3.16. The van der Waals surface area contributed by atoms with Crippen LogP contribution in [0.2, 0.25) is 0 Å². The van der Waals surface area contributed by atoms with E-state index in [9.17, 15) is 9.59 Å². The maximum atomic E-state index is 12.7. The van der Waals surface area contributed by atoms with Crippen LogP contribution < -0.4 is 11.1 Å². The maximum absolute atomic E-state index is 12.7. The molecule has 1 aromatic heterocycles. The number of carbonyl (C=O) groups excluding carboxylic acids is 2. The number of nitrogens with zero attached hydrogens (tertiary/aromatic N) is 4. The van der Waals surface area contributed by atoms with Crippen LogP contribution in [-0.4, -0.2) is 37.3 Å². The zero-order valence-electron chi connectivity index (χ0n) is 15.3. The van der Waals surface area contributed by atoms with Gasteiger partial charge < -0.3 is 11.1 Å². The van der Waals surface area contributed by atoms with Crippen molar-refractivity contribution in [2.24, 2.45) is 5.73 Å². The second-order valence-corrected chi connectivity index (χ2v) is 7.22. The van der Waals surface area contributed by atoms with Gasteiger partial charge in [0.15, 0.2) is 0 Å². The van der Waals surface area contributed by atoms with Crippen molar-refractivity contribution in [3.63, 3.8) is 0 Å². The van der Waals surface area contributed by atoms with Crippen molar-refractivity contribution in [3.05, 3.63) is 60.2 Å². The first kappa shape index (κ1) is 19.6. The molecule has 0 spiro atoms. The summed E-state index contributed by atoms with van der Waals surface area (Å²) in [5, 5.41) is 14.9. The number of aromatic nitrogens is 4. The van der Waals surface area contributed by atoms with Crippen LogP contribution >= 0.6 is 11.8 Å². The van der Waals surface area contributed by atoms with Gasteiger partial charge in [-0.25, -0.2) is 0 Å². The van der Waals surface area contributed by atoms with Crippen molar-refractivity contribution in [2.75, 3.05) is 5.32 Å².